The summed E-state index contributed by atoms with van der Waals surface area (Å²) >= 11 is 0. The van der Waals surface area contributed by atoms with Crippen LogP contribution in [0.1, 0.15) is 63.7 Å². The highest BCUT2D eigenvalue weighted by Gasteiger charge is 2.22. The van der Waals surface area contributed by atoms with Crippen LogP contribution in [-0.2, 0) is 6.42 Å². The molecule has 3 aromatic rings. The summed E-state index contributed by atoms with van der Waals surface area (Å²) in [5, 5.41) is 22.7. The highest BCUT2D eigenvalue weighted by molar-refractivity contribution is 5.99. The number of phenols is 1. The molecule has 1 aliphatic rings. The Morgan fingerprint density at radius 3 is 2.53 bits per heavy atom. The molecule has 1 saturated heterocycles. The molecule has 1 amide bonds. The number of primary amides is 1. The molecular weight excluding hydrogens is 456 g/mol. The summed E-state index contributed by atoms with van der Waals surface area (Å²) in [7, 11) is 0. The lowest BCUT2D eigenvalue weighted by molar-refractivity contribution is 0.0982. The number of carbonyl (C=O) groups excluding carboxylic acids is 2. The predicted molar refractivity (Wildman–Crippen MR) is 136 cm³/mol. The van der Waals surface area contributed by atoms with Crippen molar-refractivity contribution in [2.45, 2.75) is 38.6 Å². The number of pyridine rings is 2. The van der Waals surface area contributed by atoms with Crippen LogP contribution in [0.2, 0.25) is 0 Å². The maximum Gasteiger partial charge on any atom is 0.252 e. The third-order valence-corrected chi connectivity index (χ3v) is 6.35. The van der Waals surface area contributed by atoms with Crippen LogP contribution in [0.5, 0.6) is 5.75 Å². The SMILES string of the molecule is CCC(=O)c1ccc(Cc2cc(NC3CCN(c4ccc(C#N)cn4)CC3)c(C(N)=O)cn2)cc1O. The molecule has 1 fully saturated rings. The van der Waals surface area contributed by atoms with Crippen LogP contribution in [-0.4, -0.2) is 45.9 Å². The topological polar surface area (TPSA) is 145 Å². The molecule has 0 atom stereocenters. The molecule has 1 aliphatic heterocycles. The third kappa shape index (κ3) is 5.61. The van der Waals surface area contributed by atoms with E-state index in [1.807, 2.05) is 12.1 Å². The van der Waals surface area contributed by atoms with E-state index in [2.05, 4.69) is 26.3 Å². The first-order valence-electron chi connectivity index (χ1n) is 11.9. The van der Waals surface area contributed by atoms with Gasteiger partial charge in [0.25, 0.3) is 5.91 Å². The number of nitrogens with zero attached hydrogens (tertiary/aromatic N) is 4. The fourth-order valence-electron chi connectivity index (χ4n) is 4.35. The number of piperidine rings is 1. The lowest BCUT2D eigenvalue weighted by atomic mass is 10.0. The zero-order valence-corrected chi connectivity index (χ0v) is 20.1. The second kappa shape index (κ2) is 10.9. The van der Waals surface area contributed by atoms with Gasteiger partial charge in [0.05, 0.1) is 22.4 Å². The van der Waals surface area contributed by atoms with Gasteiger partial charge in [0.15, 0.2) is 5.78 Å². The molecule has 4 rings (SSSR count). The van der Waals surface area contributed by atoms with Gasteiger partial charge in [-0.05, 0) is 48.7 Å². The van der Waals surface area contributed by atoms with Crippen molar-refractivity contribution in [2.24, 2.45) is 5.73 Å². The number of nitrogens with one attached hydrogen (secondary N) is 1. The molecule has 2 aromatic heterocycles. The number of aromatic nitrogens is 2. The van der Waals surface area contributed by atoms with E-state index in [1.54, 1.807) is 37.4 Å². The first kappa shape index (κ1) is 24.7. The van der Waals surface area contributed by atoms with Gasteiger partial charge >= 0.3 is 0 Å². The number of phenolic OH excluding ortho intramolecular Hbond substituents is 1. The summed E-state index contributed by atoms with van der Waals surface area (Å²) in [6.45, 7) is 3.31. The Labute approximate surface area is 209 Å². The Balaban J connectivity index is 1.45. The molecule has 184 valence electrons. The number of carbonyl (C=O) groups is 2. The summed E-state index contributed by atoms with van der Waals surface area (Å²) in [6, 6.07) is 12.7. The van der Waals surface area contributed by atoms with Crippen LogP contribution in [0, 0.1) is 11.3 Å². The van der Waals surface area contributed by atoms with Crippen molar-refractivity contribution in [3.8, 4) is 11.8 Å². The maximum absolute atomic E-state index is 12.0. The number of benzene rings is 1. The first-order valence-corrected chi connectivity index (χ1v) is 11.9. The molecule has 36 heavy (non-hydrogen) atoms. The van der Waals surface area contributed by atoms with Crippen LogP contribution < -0.4 is 16.0 Å². The van der Waals surface area contributed by atoms with Gasteiger partial charge in [0.1, 0.15) is 17.6 Å². The van der Waals surface area contributed by atoms with Gasteiger partial charge in [-0.15, -0.1) is 0 Å². The molecule has 3 heterocycles. The number of hydrogen-bond donors (Lipinski definition) is 3. The summed E-state index contributed by atoms with van der Waals surface area (Å²) in [4.78, 5) is 34.9. The van der Waals surface area contributed by atoms with Crippen LogP contribution in [0.25, 0.3) is 0 Å². The molecule has 9 nitrogen and oxygen atoms in total. The van der Waals surface area contributed by atoms with E-state index in [0.717, 1.165) is 37.3 Å². The number of ketones is 1. The number of hydrogen-bond acceptors (Lipinski definition) is 8. The predicted octanol–water partition coefficient (Wildman–Crippen LogP) is 3.42. The minimum Gasteiger partial charge on any atom is -0.507 e. The monoisotopic (exact) mass is 484 g/mol. The van der Waals surface area contributed by atoms with Gasteiger partial charge in [-0.2, -0.15) is 5.26 Å². The third-order valence-electron chi connectivity index (χ3n) is 6.35. The second-order valence-corrected chi connectivity index (χ2v) is 8.81. The van der Waals surface area contributed by atoms with Crippen molar-refractivity contribution in [3.05, 3.63) is 76.7 Å². The number of amides is 1. The molecule has 0 bridgehead atoms. The van der Waals surface area contributed by atoms with E-state index in [0.29, 0.717) is 40.9 Å². The Hall–Kier alpha value is -4.45. The number of nitriles is 1. The molecule has 0 unspecified atom stereocenters. The van der Waals surface area contributed by atoms with E-state index in [9.17, 15) is 14.7 Å². The van der Waals surface area contributed by atoms with Gasteiger partial charge in [0.2, 0.25) is 0 Å². The van der Waals surface area contributed by atoms with Crippen molar-refractivity contribution in [1.29, 1.82) is 5.26 Å². The van der Waals surface area contributed by atoms with Crippen molar-refractivity contribution < 1.29 is 14.7 Å². The van der Waals surface area contributed by atoms with Gasteiger partial charge in [0, 0.05) is 50.1 Å². The van der Waals surface area contributed by atoms with Crippen LogP contribution in [0.3, 0.4) is 0 Å². The van der Waals surface area contributed by atoms with Gasteiger partial charge in [-0.1, -0.05) is 13.0 Å². The van der Waals surface area contributed by atoms with E-state index < -0.39 is 5.91 Å². The van der Waals surface area contributed by atoms with Crippen molar-refractivity contribution in [3.63, 3.8) is 0 Å². The van der Waals surface area contributed by atoms with Crippen LogP contribution in [0.15, 0.2) is 48.8 Å². The van der Waals surface area contributed by atoms with Gasteiger partial charge in [-0.3, -0.25) is 14.6 Å². The quantitative estimate of drug-likeness (QED) is 0.412. The standard InChI is InChI=1S/C27H28N6O3/c1-2-24(34)21-5-3-17(12-25(21)35)11-20-13-23(22(16-30-20)27(29)36)32-19-7-9-33(10-8-19)26-6-4-18(14-28)15-31-26/h3-6,12-13,15-16,19,35H,2,7-11H2,1H3,(H2,29,36)(H,30,32). The maximum atomic E-state index is 12.0. The molecule has 4 N–H and O–H groups in total. The average molecular weight is 485 g/mol. The van der Waals surface area contributed by atoms with E-state index in [1.165, 1.54) is 6.20 Å². The minimum atomic E-state index is -0.559. The summed E-state index contributed by atoms with van der Waals surface area (Å²) < 4.78 is 0. The summed E-state index contributed by atoms with van der Waals surface area (Å²) in [5.41, 5.74) is 8.89. The molecule has 0 radical (unpaired) electrons. The van der Waals surface area contributed by atoms with Crippen molar-refractivity contribution >= 4 is 23.2 Å². The highest BCUT2D eigenvalue weighted by Crippen LogP contribution is 2.26. The number of Topliss-reactive ketones (excluding diaryl/α,β-unsaturated/α-hetero) is 1. The molecule has 0 aliphatic carbocycles. The zero-order valence-electron chi connectivity index (χ0n) is 20.1. The number of rotatable bonds is 8. The highest BCUT2D eigenvalue weighted by atomic mass is 16.3. The summed E-state index contributed by atoms with van der Waals surface area (Å²) in [5.74, 6) is 0.118. The Morgan fingerprint density at radius 1 is 1.14 bits per heavy atom. The van der Waals surface area contributed by atoms with E-state index in [4.69, 9.17) is 11.0 Å². The van der Waals surface area contributed by atoms with Gasteiger partial charge in [-0.25, -0.2) is 4.98 Å². The fourth-order valence-corrected chi connectivity index (χ4v) is 4.35. The second-order valence-electron chi connectivity index (χ2n) is 8.81. The Bertz CT molecular complexity index is 1310. The first-order chi connectivity index (χ1) is 17.4. The molecule has 9 heteroatoms. The molecular formula is C27H28N6O3. The fraction of sp³-hybridized carbons (Fsp3) is 0.296. The summed E-state index contributed by atoms with van der Waals surface area (Å²) in [6.07, 6.45) is 5.46. The van der Waals surface area contributed by atoms with Gasteiger partial charge < -0.3 is 21.1 Å². The van der Waals surface area contributed by atoms with Crippen LogP contribution >= 0.6 is 0 Å². The van der Waals surface area contributed by atoms with Crippen LogP contribution in [0.4, 0.5) is 11.5 Å². The Kier molecular flexibility index (Phi) is 7.44. The zero-order chi connectivity index (χ0) is 25.7. The smallest absolute Gasteiger partial charge is 0.252 e. The van der Waals surface area contributed by atoms with Crippen molar-refractivity contribution in [2.75, 3.05) is 23.3 Å². The lowest BCUT2D eigenvalue weighted by Gasteiger charge is -2.34. The molecule has 0 spiro atoms. The number of nitrogens with two attached hydrogens (primary N) is 1. The van der Waals surface area contributed by atoms with E-state index >= 15 is 0 Å². The lowest BCUT2D eigenvalue weighted by Crippen LogP contribution is -2.39. The largest absolute Gasteiger partial charge is 0.507 e. The molecule has 1 aromatic carbocycles. The van der Waals surface area contributed by atoms with E-state index in [-0.39, 0.29) is 17.6 Å². The minimum absolute atomic E-state index is 0.0463. The van der Waals surface area contributed by atoms with Crippen molar-refractivity contribution in [1.82, 2.24) is 9.97 Å². The number of aromatic hydroxyl groups is 1. The Morgan fingerprint density at radius 2 is 1.92 bits per heavy atom. The molecule has 0 saturated carbocycles. The normalized spacial score (nSPS) is 13.7. The average Bonchev–Trinajstić information content (AvgIpc) is 2.89. The number of anilines is 2.